The number of aromatic nitrogens is 2. The molecule has 3 rings (SSSR count). The van der Waals surface area contributed by atoms with Crippen LogP contribution in [0.5, 0.6) is 0 Å². The zero-order valence-electron chi connectivity index (χ0n) is 20.3. The third kappa shape index (κ3) is 4.96. The van der Waals surface area contributed by atoms with Gasteiger partial charge in [0.2, 0.25) is 5.91 Å². The highest BCUT2D eigenvalue weighted by Gasteiger charge is 2.39. The van der Waals surface area contributed by atoms with E-state index in [1.807, 2.05) is 32.0 Å². The van der Waals surface area contributed by atoms with E-state index in [0.717, 1.165) is 12.0 Å². The van der Waals surface area contributed by atoms with Gasteiger partial charge in [-0.15, -0.1) is 0 Å². The zero-order chi connectivity index (χ0) is 24.3. The maximum atomic E-state index is 13.5. The standard InChI is InChI=1S/C24H34N4O5/c1-7-33-24(31)28-18-11-10-16(14(2)3)13-17(18)25-21(28)19-9-8-12-27(19)22(29)20(15(4)5)26-23(30)32-6/h10-11,13-15,19-20H,7-9,12H2,1-6H3,(H,26,30). The van der Waals surface area contributed by atoms with Gasteiger partial charge in [-0.3, -0.25) is 4.79 Å². The third-order valence-electron chi connectivity index (χ3n) is 6.05. The van der Waals surface area contributed by atoms with Crippen molar-refractivity contribution in [1.82, 2.24) is 19.8 Å². The number of hydrogen-bond acceptors (Lipinski definition) is 6. The summed E-state index contributed by atoms with van der Waals surface area (Å²) in [7, 11) is 1.27. The van der Waals surface area contributed by atoms with Crippen LogP contribution in [0, 0.1) is 5.92 Å². The van der Waals surface area contributed by atoms with E-state index in [1.165, 1.54) is 11.7 Å². The Kier molecular flexibility index (Phi) is 7.61. The molecule has 1 fully saturated rings. The van der Waals surface area contributed by atoms with E-state index in [-0.39, 0.29) is 18.4 Å². The van der Waals surface area contributed by atoms with E-state index in [4.69, 9.17) is 14.5 Å². The molecule has 1 aliphatic rings. The Balaban J connectivity index is 2.05. The number of imidazole rings is 1. The van der Waals surface area contributed by atoms with Crippen molar-refractivity contribution in [3.05, 3.63) is 29.6 Å². The van der Waals surface area contributed by atoms with Crippen LogP contribution in [0.4, 0.5) is 9.59 Å². The topological polar surface area (TPSA) is 103 Å². The van der Waals surface area contributed by atoms with Crippen molar-refractivity contribution in [2.75, 3.05) is 20.3 Å². The smallest absolute Gasteiger partial charge is 0.420 e. The predicted octanol–water partition coefficient (Wildman–Crippen LogP) is 4.21. The summed E-state index contributed by atoms with van der Waals surface area (Å²) < 4.78 is 11.5. The molecule has 2 unspecified atom stereocenters. The van der Waals surface area contributed by atoms with Crippen molar-refractivity contribution in [2.24, 2.45) is 5.92 Å². The lowest BCUT2D eigenvalue weighted by Crippen LogP contribution is -2.51. The second kappa shape index (κ2) is 10.2. The molecule has 2 atom stereocenters. The van der Waals surface area contributed by atoms with Crippen LogP contribution in [0.15, 0.2) is 18.2 Å². The van der Waals surface area contributed by atoms with Crippen molar-refractivity contribution in [3.63, 3.8) is 0 Å². The number of hydrogen-bond donors (Lipinski definition) is 1. The molecule has 1 N–H and O–H groups in total. The van der Waals surface area contributed by atoms with Crippen molar-refractivity contribution in [2.45, 2.75) is 65.5 Å². The molecule has 1 aromatic heterocycles. The monoisotopic (exact) mass is 458 g/mol. The fourth-order valence-electron chi connectivity index (χ4n) is 4.26. The lowest BCUT2D eigenvalue weighted by atomic mass is 10.0. The molecule has 0 spiro atoms. The van der Waals surface area contributed by atoms with Crippen molar-refractivity contribution < 1.29 is 23.9 Å². The third-order valence-corrected chi connectivity index (χ3v) is 6.05. The second-order valence-corrected chi connectivity index (χ2v) is 8.95. The van der Waals surface area contributed by atoms with Crippen LogP contribution in [-0.2, 0) is 14.3 Å². The number of benzene rings is 1. The number of fused-ring (bicyclic) bond motifs is 1. The van der Waals surface area contributed by atoms with Gasteiger partial charge in [0.25, 0.3) is 0 Å². The number of nitrogens with one attached hydrogen (secondary N) is 1. The second-order valence-electron chi connectivity index (χ2n) is 8.95. The summed E-state index contributed by atoms with van der Waals surface area (Å²) in [6, 6.07) is 4.70. The minimum atomic E-state index is -0.744. The van der Waals surface area contributed by atoms with Crippen LogP contribution < -0.4 is 5.32 Å². The number of methoxy groups -OCH3 is 1. The number of alkyl carbamates (subject to hydrolysis) is 1. The highest BCUT2D eigenvalue weighted by Crippen LogP contribution is 2.35. The van der Waals surface area contributed by atoms with E-state index < -0.39 is 24.3 Å². The molecule has 180 valence electrons. The molecule has 1 saturated heterocycles. The average Bonchev–Trinajstić information content (AvgIpc) is 3.40. The molecule has 1 aromatic carbocycles. The van der Waals surface area contributed by atoms with Gasteiger partial charge in [0.1, 0.15) is 11.9 Å². The Morgan fingerprint density at radius 2 is 1.94 bits per heavy atom. The summed E-state index contributed by atoms with van der Waals surface area (Å²) in [5.74, 6) is 0.431. The number of carbonyl (C=O) groups excluding carboxylic acids is 3. The zero-order valence-corrected chi connectivity index (χ0v) is 20.3. The number of nitrogens with zero attached hydrogens (tertiary/aromatic N) is 3. The van der Waals surface area contributed by atoms with Crippen LogP contribution in [0.3, 0.4) is 0 Å². The summed E-state index contributed by atoms with van der Waals surface area (Å²) in [5.41, 5.74) is 2.46. The summed E-state index contributed by atoms with van der Waals surface area (Å²) in [4.78, 5) is 44.8. The molecule has 2 amide bonds. The quantitative estimate of drug-likeness (QED) is 0.696. The van der Waals surface area contributed by atoms with Gasteiger partial charge in [-0.25, -0.2) is 19.1 Å². The van der Waals surface area contributed by atoms with Crippen LogP contribution in [0.1, 0.15) is 70.8 Å². The largest absolute Gasteiger partial charge is 0.453 e. The fraction of sp³-hybridized carbons (Fsp3) is 0.583. The lowest BCUT2D eigenvalue weighted by Gasteiger charge is -2.30. The molecule has 1 aliphatic heterocycles. The van der Waals surface area contributed by atoms with Gasteiger partial charge in [0, 0.05) is 6.54 Å². The minimum absolute atomic E-state index is 0.143. The molecule has 0 saturated carbocycles. The molecular weight excluding hydrogens is 424 g/mol. The maximum absolute atomic E-state index is 13.5. The van der Waals surface area contributed by atoms with Gasteiger partial charge >= 0.3 is 12.2 Å². The van der Waals surface area contributed by atoms with E-state index in [9.17, 15) is 14.4 Å². The first kappa shape index (κ1) is 24.5. The van der Waals surface area contributed by atoms with E-state index in [1.54, 1.807) is 11.8 Å². The predicted molar refractivity (Wildman–Crippen MR) is 124 cm³/mol. The minimum Gasteiger partial charge on any atom is -0.453 e. The molecule has 0 aliphatic carbocycles. The van der Waals surface area contributed by atoms with E-state index in [0.29, 0.717) is 35.7 Å². The Bertz CT molecular complexity index is 1030. The fourth-order valence-corrected chi connectivity index (χ4v) is 4.26. The first-order valence-corrected chi connectivity index (χ1v) is 11.5. The van der Waals surface area contributed by atoms with Gasteiger partial charge in [0.05, 0.1) is 30.8 Å². The van der Waals surface area contributed by atoms with Gasteiger partial charge < -0.3 is 19.7 Å². The molecule has 2 heterocycles. The van der Waals surface area contributed by atoms with Crippen LogP contribution in [0.25, 0.3) is 11.0 Å². The summed E-state index contributed by atoms with van der Waals surface area (Å²) in [6.07, 6.45) is 0.259. The summed E-state index contributed by atoms with van der Waals surface area (Å²) in [6.45, 7) is 10.4. The summed E-state index contributed by atoms with van der Waals surface area (Å²) in [5, 5.41) is 2.65. The molecule has 0 radical (unpaired) electrons. The highest BCUT2D eigenvalue weighted by atomic mass is 16.5. The number of carbonyl (C=O) groups is 3. The maximum Gasteiger partial charge on any atom is 0.420 e. The first-order chi connectivity index (χ1) is 15.7. The Morgan fingerprint density at radius 1 is 1.21 bits per heavy atom. The first-order valence-electron chi connectivity index (χ1n) is 11.5. The van der Waals surface area contributed by atoms with Crippen LogP contribution in [0.2, 0.25) is 0 Å². The average molecular weight is 459 g/mol. The van der Waals surface area contributed by atoms with Crippen molar-refractivity contribution >= 4 is 29.1 Å². The van der Waals surface area contributed by atoms with E-state index >= 15 is 0 Å². The molecule has 2 aromatic rings. The molecule has 9 nitrogen and oxygen atoms in total. The molecule has 9 heteroatoms. The van der Waals surface area contributed by atoms with Crippen molar-refractivity contribution in [3.8, 4) is 0 Å². The Morgan fingerprint density at radius 3 is 2.55 bits per heavy atom. The summed E-state index contributed by atoms with van der Waals surface area (Å²) >= 11 is 0. The van der Waals surface area contributed by atoms with Gasteiger partial charge in [0.15, 0.2) is 0 Å². The van der Waals surface area contributed by atoms with E-state index in [2.05, 4.69) is 19.2 Å². The van der Waals surface area contributed by atoms with Gasteiger partial charge in [-0.2, -0.15) is 0 Å². The lowest BCUT2D eigenvalue weighted by molar-refractivity contribution is -0.135. The Hall–Kier alpha value is -3.10. The number of likely N-dealkylation sites (tertiary alicyclic amines) is 1. The Labute approximate surface area is 194 Å². The number of ether oxygens (including phenoxy) is 2. The highest BCUT2D eigenvalue weighted by molar-refractivity contribution is 5.89. The number of rotatable bonds is 6. The van der Waals surface area contributed by atoms with Gasteiger partial charge in [-0.05, 0) is 49.3 Å². The molecule has 33 heavy (non-hydrogen) atoms. The van der Waals surface area contributed by atoms with Crippen LogP contribution in [-0.4, -0.2) is 58.8 Å². The van der Waals surface area contributed by atoms with Crippen molar-refractivity contribution in [1.29, 1.82) is 0 Å². The normalized spacial score (nSPS) is 17.0. The molecular formula is C24H34N4O5. The van der Waals surface area contributed by atoms with Gasteiger partial charge in [-0.1, -0.05) is 33.8 Å². The molecule has 0 bridgehead atoms. The SMILES string of the molecule is CCOC(=O)n1c(C2CCCN2C(=O)C(NC(=O)OC)C(C)C)nc2cc(C(C)C)ccc21. The van der Waals surface area contributed by atoms with Crippen LogP contribution >= 0.6 is 0 Å². The number of amides is 2.